The van der Waals surface area contributed by atoms with E-state index in [9.17, 15) is 4.79 Å². The zero-order valence-electron chi connectivity index (χ0n) is 22.8. The Balaban J connectivity index is 1.05. The third-order valence-corrected chi connectivity index (χ3v) is 9.68. The summed E-state index contributed by atoms with van der Waals surface area (Å²) >= 11 is 0. The van der Waals surface area contributed by atoms with Gasteiger partial charge in [-0.2, -0.15) is 8.78 Å². The molecule has 2 saturated heterocycles. The van der Waals surface area contributed by atoms with E-state index in [4.69, 9.17) is 4.98 Å². The van der Waals surface area contributed by atoms with Gasteiger partial charge in [0.25, 0.3) is 5.92 Å². The molecule has 1 amide bonds. The van der Waals surface area contributed by atoms with Crippen molar-refractivity contribution >= 4 is 22.6 Å². The maximum Gasteiger partial charge on any atom is 0.299 e. The molecule has 1 saturated carbocycles. The molecular formula is C33H33F2N5O. The number of halogens is 2. The number of anilines is 1. The monoisotopic (exact) mass is 553 g/mol. The van der Waals surface area contributed by atoms with E-state index in [1.807, 2.05) is 24.3 Å². The molecule has 210 valence electrons. The number of imidazole rings is 1. The van der Waals surface area contributed by atoms with Gasteiger partial charge in [0.15, 0.2) is 0 Å². The largest absolute Gasteiger partial charge is 0.341 e. The smallest absolute Gasteiger partial charge is 0.299 e. The average molecular weight is 554 g/mol. The Kier molecular flexibility index (Phi) is 5.80. The third kappa shape index (κ3) is 4.18. The zero-order chi connectivity index (χ0) is 27.7. The van der Waals surface area contributed by atoms with E-state index in [2.05, 4.69) is 20.9 Å². The second kappa shape index (κ2) is 9.46. The molecule has 3 heterocycles. The van der Waals surface area contributed by atoms with E-state index < -0.39 is 5.92 Å². The van der Waals surface area contributed by atoms with Gasteiger partial charge >= 0.3 is 0 Å². The van der Waals surface area contributed by atoms with Crippen molar-refractivity contribution in [2.75, 3.05) is 11.9 Å². The Morgan fingerprint density at radius 3 is 2.51 bits per heavy atom. The van der Waals surface area contributed by atoms with Gasteiger partial charge in [0.1, 0.15) is 5.82 Å². The Morgan fingerprint density at radius 2 is 1.68 bits per heavy atom. The van der Waals surface area contributed by atoms with Crippen LogP contribution in [0.25, 0.3) is 33.3 Å². The van der Waals surface area contributed by atoms with E-state index in [1.165, 1.54) is 18.9 Å². The Hall–Kier alpha value is -3.62. The number of hydrogen-bond acceptors (Lipinski definition) is 4. The minimum absolute atomic E-state index is 0.00411. The summed E-state index contributed by atoms with van der Waals surface area (Å²) in [5, 5.41) is 9.85. The molecule has 2 aliphatic heterocycles. The first kappa shape index (κ1) is 25.1. The van der Waals surface area contributed by atoms with Crippen LogP contribution >= 0.6 is 0 Å². The van der Waals surface area contributed by atoms with Crippen LogP contribution in [0.5, 0.6) is 0 Å². The number of carbonyl (C=O) groups excluding carboxylic acids is 1. The van der Waals surface area contributed by atoms with Crippen molar-refractivity contribution in [3.8, 4) is 22.3 Å². The van der Waals surface area contributed by atoms with Gasteiger partial charge in [0.05, 0.1) is 23.1 Å². The molecule has 0 radical (unpaired) electrons. The number of hydrogen-bond donors (Lipinski definition) is 4. The number of benzene rings is 3. The van der Waals surface area contributed by atoms with Crippen LogP contribution < -0.4 is 16.0 Å². The molecule has 4 atom stereocenters. The molecule has 4 aliphatic rings. The molecule has 3 aromatic carbocycles. The number of nitrogens with one attached hydrogen (secondary N) is 4. The highest BCUT2D eigenvalue weighted by molar-refractivity contribution is 5.96. The van der Waals surface area contributed by atoms with Crippen molar-refractivity contribution in [3.63, 3.8) is 0 Å². The lowest BCUT2D eigenvalue weighted by Gasteiger charge is -2.24. The van der Waals surface area contributed by atoms with E-state index in [0.717, 1.165) is 66.6 Å². The lowest BCUT2D eigenvalue weighted by atomic mass is 9.85. The molecule has 8 rings (SSSR count). The fraction of sp³-hybridized carbons (Fsp3) is 0.394. The van der Waals surface area contributed by atoms with Gasteiger partial charge in [-0.1, -0.05) is 37.1 Å². The van der Waals surface area contributed by atoms with Crippen LogP contribution in [0.1, 0.15) is 67.9 Å². The van der Waals surface area contributed by atoms with Gasteiger partial charge in [0.2, 0.25) is 5.91 Å². The van der Waals surface area contributed by atoms with Crippen molar-refractivity contribution in [2.45, 2.75) is 69.0 Å². The fourth-order valence-electron chi connectivity index (χ4n) is 7.52. The standard InChI is InChI=1S/C33H33F2N5O/c34-33(35)24-14-18(19-8-12-27-29(15-19)40-31(39-27)28-6-3-13-36-28)7-10-22(24)23-11-9-21(17-25(23)33)37-32(41)30-16-20-4-1-2-5-26(20)38-30/h7-12,14-15,17,20,26,28,30,36,38H,1-6,13,16H2,(H,37,41)(H,39,40)/t20-,26-,28-,30-/m0/s1. The maximum absolute atomic E-state index is 15.9. The summed E-state index contributed by atoms with van der Waals surface area (Å²) < 4.78 is 31.9. The fourth-order valence-corrected chi connectivity index (χ4v) is 7.52. The van der Waals surface area contributed by atoms with Gasteiger partial charge in [-0.05, 0) is 97.2 Å². The lowest BCUT2D eigenvalue weighted by molar-refractivity contribution is -0.117. The van der Waals surface area contributed by atoms with Gasteiger partial charge in [-0.25, -0.2) is 4.98 Å². The first-order valence-electron chi connectivity index (χ1n) is 14.9. The normalized spacial score (nSPS) is 26.1. The molecule has 41 heavy (non-hydrogen) atoms. The minimum Gasteiger partial charge on any atom is -0.341 e. The van der Waals surface area contributed by atoms with Gasteiger partial charge < -0.3 is 20.9 Å². The average Bonchev–Trinajstić information content (AvgIpc) is 3.78. The van der Waals surface area contributed by atoms with E-state index in [-0.39, 0.29) is 29.1 Å². The number of H-pyrrole nitrogens is 1. The number of rotatable bonds is 4. The van der Waals surface area contributed by atoms with Gasteiger partial charge in [-0.3, -0.25) is 4.79 Å². The van der Waals surface area contributed by atoms with Crippen molar-refractivity contribution in [1.29, 1.82) is 0 Å². The Morgan fingerprint density at radius 1 is 0.902 bits per heavy atom. The van der Waals surface area contributed by atoms with Gasteiger partial charge in [0, 0.05) is 22.9 Å². The van der Waals surface area contributed by atoms with Crippen LogP contribution in [0.15, 0.2) is 54.6 Å². The first-order valence-corrected chi connectivity index (χ1v) is 14.9. The van der Waals surface area contributed by atoms with Crippen molar-refractivity contribution in [2.24, 2.45) is 5.92 Å². The Bertz CT molecular complexity index is 1660. The second-order valence-corrected chi connectivity index (χ2v) is 12.2. The predicted octanol–water partition coefficient (Wildman–Crippen LogP) is 6.63. The minimum atomic E-state index is -3.17. The molecule has 2 aliphatic carbocycles. The summed E-state index contributed by atoms with van der Waals surface area (Å²) in [7, 11) is 0. The molecule has 0 unspecified atom stereocenters. The highest BCUT2D eigenvalue weighted by Gasteiger charge is 2.45. The summed E-state index contributed by atoms with van der Waals surface area (Å²) in [5.74, 6) is -1.84. The number of amides is 1. The number of fused-ring (bicyclic) bond motifs is 5. The SMILES string of the molecule is O=C(Nc1ccc2c(c1)C(F)(F)c1cc(-c3ccc4nc([C@@H]5CCCN5)[nH]c4c3)ccc1-2)[C@@H]1C[C@@H]2CCCC[C@@H]2N1. The van der Waals surface area contributed by atoms with Crippen molar-refractivity contribution < 1.29 is 13.6 Å². The Labute approximate surface area is 237 Å². The lowest BCUT2D eigenvalue weighted by Crippen LogP contribution is -2.39. The topological polar surface area (TPSA) is 81.8 Å². The van der Waals surface area contributed by atoms with Crippen LogP contribution in [-0.2, 0) is 10.7 Å². The van der Waals surface area contributed by atoms with Crippen molar-refractivity contribution in [3.05, 3.63) is 71.5 Å². The first-order chi connectivity index (χ1) is 19.9. The molecule has 4 aromatic rings. The van der Waals surface area contributed by atoms with Crippen LogP contribution in [0.4, 0.5) is 14.5 Å². The molecule has 3 fully saturated rings. The van der Waals surface area contributed by atoms with Crippen molar-refractivity contribution in [1.82, 2.24) is 20.6 Å². The number of aromatic nitrogens is 2. The summed E-state index contributed by atoms with van der Waals surface area (Å²) in [5.41, 5.74) is 4.76. The second-order valence-electron chi connectivity index (χ2n) is 12.2. The van der Waals surface area contributed by atoms with E-state index >= 15 is 8.78 Å². The summed E-state index contributed by atoms with van der Waals surface area (Å²) in [4.78, 5) is 21.2. The number of alkyl halides is 2. The van der Waals surface area contributed by atoms with Gasteiger partial charge in [-0.15, -0.1) is 0 Å². The highest BCUT2D eigenvalue weighted by Crippen LogP contribution is 2.52. The quantitative estimate of drug-likeness (QED) is 0.229. The van der Waals surface area contributed by atoms with Crippen LogP contribution in [0, 0.1) is 5.92 Å². The zero-order valence-corrected chi connectivity index (χ0v) is 22.8. The summed E-state index contributed by atoms with van der Waals surface area (Å²) in [6.45, 7) is 0.991. The number of nitrogens with zero attached hydrogens (tertiary/aromatic N) is 1. The third-order valence-electron chi connectivity index (χ3n) is 9.68. The molecule has 0 spiro atoms. The number of aromatic amines is 1. The van der Waals surface area contributed by atoms with E-state index in [1.54, 1.807) is 24.3 Å². The molecule has 4 N–H and O–H groups in total. The molecule has 6 nitrogen and oxygen atoms in total. The summed E-state index contributed by atoms with van der Waals surface area (Å²) in [6.07, 6.45) is 7.67. The van der Waals surface area contributed by atoms with E-state index in [0.29, 0.717) is 28.8 Å². The van der Waals surface area contributed by atoms with Crippen LogP contribution in [0.3, 0.4) is 0 Å². The maximum atomic E-state index is 15.9. The molecule has 0 bridgehead atoms. The molecule has 8 heteroatoms. The molecular weight excluding hydrogens is 520 g/mol. The van der Waals surface area contributed by atoms with Crippen LogP contribution in [-0.4, -0.2) is 34.5 Å². The predicted molar refractivity (Wildman–Crippen MR) is 156 cm³/mol. The highest BCUT2D eigenvalue weighted by atomic mass is 19.3. The summed E-state index contributed by atoms with van der Waals surface area (Å²) in [6, 6.07) is 16.4. The molecule has 1 aromatic heterocycles. The number of carbonyl (C=O) groups is 1. The van der Waals surface area contributed by atoms with Crippen LogP contribution in [0.2, 0.25) is 0 Å².